The Kier molecular flexibility index (Phi) is 3.83. The molecule has 1 N–H and O–H groups in total. The van der Waals surface area contributed by atoms with Crippen molar-refractivity contribution in [2.75, 3.05) is 18.4 Å². The summed E-state index contributed by atoms with van der Waals surface area (Å²) >= 11 is 0. The van der Waals surface area contributed by atoms with Gasteiger partial charge in [-0.1, -0.05) is 30.3 Å². The van der Waals surface area contributed by atoms with E-state index in [4.69, 9.17) is 0 Å². The molecule has 1 aromatic heterocycles. The van der Waals surface area contributed by atoms with Crippen molar-refractivity contribution >= 4 is 22.8 Å². The van der Waals surface area contributed by atoms with Gasteiger partial charge in [-0.3, -0.25) is 9.97 Å². The monoisotopic (exact) mass is 318 g/mol. The van der Waals surface area contributed by atoms with Crippen molar-refractivity contribution < 1.29 is 4.79 Å². The van der Waals surface area contributed by atoms with Crippen LogP contribution in [0.1, 0.15) is 17.9 Å². The minimum absolute atomic E-state index is 0.0586. The molecule has 1 aliphatic rings. The van der Waals surface area contributed by atoms with Crippen LogP contribution in [-0.4, -0.2) is 34.0 Å². The predicted octanol–water partition coefficient (Wildman–Crippen LogP) is 3.65. The van der Waals surface area contributed by atoms with E-state index in [0.717, 1.165) is 36.2 Å². The standard InChI is InChI=1S/C19H18N4O/c24-19(22-16-6-7-17-18(12-16)21-10-9-20-17)23-11-8-15(13-23)14-4-2-1-3-5-14/h1-7,9-10,12,15H,8,11,13H2,(H,22,24)/t15-/m0/s1. The summed E-state index contributed by atoms with van der Waals surface area (Å²) in [7, 11) is 0. The maximum Gasteiger partial charge on any atom is 0.321 e. The number of hydrogen-bond acceptors (Lipinski definition) is 3. The Hall–Kier alpha value is -2.95. The maximum atomic E-state index is 12.5. The maximum absolute atomic E-state index is 12.5. The van der Waals surface area contributed by atoms with Crippen LogP contribution in [0.15, 0.2) is 60.9 Å². The van der Waals surface area contributed by atoms with Crippen LogP contribution >= 0.6 is 0 Å². The van der Waals surface area contributed by atoms with Crippen molar-refractivity contribution in [2.24, 2.45) is 0 Å². The van der Waals surface area contributed by atoms with E-state index < -0.39 is 0 Å². The molecule has 1 aliphatic heterocycles. The summed E-state index contributed by atoms with van der Waals surface area (Å²) < 4.78 is 0. The smallest absolute Gasteiger partial charge is 0.321 e. The fourth-order valence-electron chi connectivity index (χ4n) is 3.19. The van der Waals surface area contributed by atoms with Gasteiger partial charge < -0.3 is 10.2 Å². The molecule has 0 aliphatic carbocycles. The van der Waals surface area contributed by atoms with Crippen LogP contribution in [0.3, 0.4) is 0 Å². The van der Waals surface area contributed by atoms with Gasteiger partial charge in [0.05, 0.1) is 11.0 Å². The average Bonchev–Trinajstić information content (AvgIpc) is 3.13. The second-order valence-corrected chi connectivity index (χ2v) is 6.03. The van der Waals surface area contributed by atoms with E-state index in [2.05, 4.69) is 27.4 Å². The Morgan fingerprint density at radius 2 is 1.83 bits per heavy atom. The summed E-state index contributed by atoms with van der Waals surface area (Å²) in [5, 5.41) is 2.97. The molecule has 4 rings (SSSR count). The normalized spacial score (nSPS) is 17.2. The van der Waals surface area contributed by atoms with Gasteiger partial charge in [0.1, 0.15) is 0 Å². The molecule has 5 heteroatoms. The SMILES string of the molecule is O=C(Nc1ccc2nccnc2c1)N1CC[C@H](c2ccccc2)C1. The highest BCUT2D eigenvalue weighted by Gasteiger charge is 2.27. The van der Waals surface area contributed by atoms with E-state index in [1.54, 1.807) is 12.4 Å². The molecule has 0 spiro atoms. The first-order valence-electron chi connectivity index (χ1n) is 8.11. The Morgan fingerprint density at radius 1 is 1.04 bits per heavy atom. The highest BCUT2D eigenvalue weighted by atomic mass is 16.2. The van der Waals surface area contributed by atoms with Gasteiger partial charge in [-0.25, -0.2) is 4.79 Å². The number of nitrogens with one attached hydrogen (secondary N) is 1. The van der Waals surface area contributed by atoms with Gasteiger partial charge in [0.15, 0.2) is 0 Å². The van der Waals surface area contributed by atoms with Crippen molar-refractivity contribution in [1.29, 1.82) is 0 Å². The van der Waals surface area contributed by atoms with Crippen LogP contribution in [0.5, 0.6) is 0 Å². The van der Waals surface area contributed by atoms with Gasteiger partial charge in [-0.15, -0.1) is 0 Å². The van der Waals surface area contributed by atoms with Crippen molar-refractivity contribution in [3.63, 3.8) is 0 Å². The number of nitrogens with zero attached hydrogens (tertiary/aromatic N) is 3. The van der Waals surface area contributed by atoms with Crippen molar-refractivity contribution in [2.45, 2.75) is 12.3 Å². The number of carbonyl (C=O) groups is 1. The minimum atomic E-state index is -0.0586. The summed E-state index contributed by atoms with van der Waals surface area (Å²) in [6, 6.07) is 15.9. The van der Waals surface area contributed by atoms with Crippen molar-refractivity contribution in [3.05, 3.63) is 66.5 Å². The van der Waals surface area contributed by atoms with Gasteiger partial charge in [-0.05, 0) is 30.2 Å². The Morgan fingerprint density at radius 3 is 2.67 bits per heavy atom. The molecule has 2 heterocycles. The Balaban J connectivity index is 1.44. The number of rotatable bonds is 2. The second-order valence-electron chi connectivity index (χ2n) is 6.03. The molecular formula is C19H18N4O. The zero-order valence-corrected chi connectivity index (χ0v) is 13.2. The van der Waals surface area contributed by atoms with Crippen LogP contribution in [0.2, 0.25) is 0 Å². The minimum Gasteiger partial charge on any atom is -0.324 e. The van der Waals surface area contributed by atoms with Crippen molar-refractivity contribution in [1.82, 2.24) is 14.9 Å². The molecule has 0 radical (unpaired) electrons. The largest absolute Gasteiger partial charge is 0.324 e. The first kappa shape index (κ1) is 14.6. The number of carbonyl (C=O) groups excluding carboxylic acids is 1. The van der Waals surface area contributed by atoms with Gasteiger partial charge in [-0.2, -0.15) is 0 Å². The third-order valence-electron chi connectivity index (χ3n) is 4.47. The zero-order valence-electron chi connectivity index (χ0n) is 13.2. The Labute approximate surface area is 140 Å². The van der Waals surface area contributed by atoms with Crippen LogP contribution in [0, 0.1) is 0 Å². The average molecular weight is 318 g/mol. The van der Waals surface area contributed by atoms with E-state index in [1.807, 2.05) is 41.3 Å². The highest BCUT2D eigenvalue weighted by Crippen LogP contribution is 2.27. The molecule has 120 valence electrons. The lowest BCUT2D eigenvalue weighted by molar-refractivity contribution is 0.222. The van der Waals surface area contributed by atoms with Gasteiger partial charge in [0.25, 0.3) is 0 Å². The van der Waals surface area contributed by atoms with E-state index >= 15 is 0 Å². The molecule has 5 nitrogen and oxygen atoms in total. The fraction of sp³-hybridized carbons (Fsp3) is 0.211. The van der Waals surface area contributed by atoms with E-state index in [9.17, 15) is 4.79 Å². The lowest BCUT2D eigenvalue weighted by Crippen LogP contribution is -2.32. The first-order valence-corrected chi connectivity index (χ1v) is 8.11. The number of hydrogen-bond donors (Lipinski definition) is 1. The third kappa shape index (κ3) is 2.93. The molecule has 2 amide bonds. The molecule has 1 atom stereocenters. The Bertz CT molecular complexity index is 865. The van der Waals surface area contributed by atoms with Crippen molar-refractivity contribution in [3.8, 4) is 0 Å². The quantitative estimate of drug-likeness (QED) is 0.784. The zero-order chi connectivity index (χ0) is 16.4. The van der Waals surface area contributed by atoms with Crippen LogP contribution < -0.4 is 5.32 Å². The number of fused-ring (bicyclic) bond motifs is 1. The first-order chi connectivity index (χ1) is 11.8. The molecule has 2 aromatic carbocycles. The molecule has 0 unspecified atom stereocenters. The van der Waals surface area contributed by atoms with E-state index in [0.29, 0.717) is 5.92 Å². The molecule has 1 saturated heterocycles. The molecule has 0 saturated carbocycles. The van der Waals surface area contributed by atoms with Gasteiger partial charge in [0.2, 0.25) is 0 Å². The fourth-order valence-corrected chi connectivity index (χ4v) is 3.19. The molecule has 1 fully saturated rings. The molecule has 24 heavy (non-hydrogen) atoms. The second kappa shape index (κ2) is 6.28. The number of anilines is 1. The third-order valence-corrected chi connectivity index (χ3v) is 4.47. The summed E-state index contributed by atoms with van der Waals surface area (Å²) in [6.45, 7) is 1.53. The molecular weight excluding hydrogens is 300 g/mol. The lowest BCUT2D eigenvalue weighted by atomic mass is 9.99. The topological polar surface area (TPSA) is 58.1 Å². The summed E-state index contributed by atoms with van der Waals surface area (Å²) in [4.78, 5) is 22.9. The molecule has 3 aromatic rings. The van der Waals surface area contributed by atoms with Crippen LogP contribution in [0.4, 0.5) is 10.5 Å². The predicted molar refractivity (Wildman–Crippen MR) is 93.9 cm³/mol. The summed E-state index contributed by atoms with van der Waals surface area (Å²) in [6.07, 6.45) is 4.31. The number of urea groups is 1. The number of benzene rings is 2. The number of amides is 2. The number of likely N-dealkylation sites (tertiary alicyclic amines) is 1. The molecule has 0 bridgehead atoms. The summed E-state index contributed by atoms with van der Waals surface area (Å²) in [5.74, 6) is 0.416. The lowest BCUT2D eigenvalue weighted by Gasteiger charge is -2.17. The van der Waals surface area contributed by atoms with E-state index in [-0.39, 0.29) is 6.03 Å². The van der Waals surface area contributed by atoms with Crippen LogP contribution in [-0.2, 0) is 0 Å². The highest BCUT2D eigenvalue weighted by molar-refractivity contribution is 5.92. The number of aromatic nitrogens is 2. The van der Waals surface area contributed by atoms with Crippen LogP contribution in [0.25, 0.3) is 11.0 Å². The summed E-state index contributed by atoms with van der Waals surface area (Å²) in [5.41, 5.74) is 3.64. The van der Waals surface area contributed by atoms with E-state index in [1.165, 1.54) is 5.56 Å². The van der Waals surface area contributed by atoms with Gasteiger partial charge in [0, 0.05) is 37.1 Å². The van der Waals surface area contributed by atoms with Gasteiger partial charge >= 0.3 is 6.03 Å².